The molecule has 0 bridgehead atoms. The molecular weight excluding hydrogens is 456 g/mol. The van der Waals surface area contributed by atoms with Crippen molar-refractivity contribution in [1.82, 2.24) is 10.6 Å². The highest BCUT2D eigenvalue weighted by Crippen LogP contribution is 2.19. The highest BCUT2D eigenvalue weighted by Gasteiger charge is 2.27. The zero-order chi connectivity index (χ0) is 25.2. The van der Waals surface area contributed by atoms with Gasteiger partial charge in [0.15, 0.2) is 5.78 Å². The largest absolute Gasteiger partial charge is 0.344 e. The van der Waals surface area contributed by atoms with Gasteiger partial charge in [-0.2, -0.15) is 11.8 Å². The molecule has 0 radical (unpaired) electrons. The normalized spacial score (nSPS) is 12.8. The lowest BCUT2D eigenvalue weighted by molar-refractivity contribution is -0.131. The Morgan fingerprint density at radius 2 is 1.51 bits per heavy atom. The van der Waals surface area contributed by atoms with Gasteiger partial charge in [0.1, 0.15) is 6.04 Å². The molecule has 0 aliphatic carbocycles. The predicted octanol–water partition coefficient (Wildman–Crippen LogP) is 4.57. The van der Waals surface area contributed by atoms with Crippen LogP contribution in [-0.4, -0.2) is 41.7 Å². The van der Waals surface area contributed by atoms with E-state index in [1.807, 2.05) is 92.9 Å². The molecule has 0 fully saturated rings. The quantitative estimate of drug-likeness (QED) is 0.390. The summed E-state index contributed by atoms with van der Waals surface area (Å²) in [6.45, 7) is 4.02. The van der Waals surface area contributed by atoms with Gasteiger partial charge in [-0.15, -0.1) is 0 Å². The third-order valence-electron chi connectivity index (χ3n) is 5.86. The van der Waals surface area contributed by atoms with Crippen LogP contribution in [0.15, 0.2) is 72.8 Å². The first-order valence-electron chi connectivity index (χ1n) is 12.0. The van der Waals surface area contributed by atoms with E-state index in [1.54, 1.807) is 0 Å². The number of nitrogens with one attached hydrogen (secondary N) is 2. The minimum atomic E-state index is -0.710. The van der Waals surface area contributed by atoms with Crippen LogP contribution in [0.4, 0.5) is 0 Å². The maximum absolute atomic E-state index is 13.3. The van der Waals surface area contributed by atoms with Crippen LogP contribution in [0.5, 0.6) is 0 Å². The van der Waals surface area contributed by atoms with Crippen LogP contribution >= 0.6 is 11.8 Å². The van der Waals surface area contributed by atoms with Crippen LogP contribution in [0.3, 0.4) is 0 Å². The fourth-order valence-corrected chi connectivity index (χ4v) is 4.66. The molecule has 2 atom stereocenters. The maximum atomic E-state index is 13.3. The van der Waals surface area contributed by atoms with Crippen molar-refractivity contribution < 1.29 is 14.4 Å². The first-order valence-corrected chi connectivity index (χ1v) is 13.4. The second-order valence-corrected chi connectivity index (χ2v) is 10.1. The Bertz CT molecular complexity index is 1140. The van der Waals surface area contributed by atoms with E-state index in [9.17, 15) is 14.4 Å². The molecule has 3 aromatic carbocycles. The number of fused-ring (bicyclic) bond motifs is 1. The van der Waals surface area contributed by atoms with Crippen molar-refractivity contribution in [2.24, 2.45) is 5.92 Å². The van der Waals surface area contributed by atoms with Crippen molar-refractivity contribution in [2.75, 3.05) is 12.0 Å². The third kappa shape index (κ3) is 7.96. The molecule has 0 spiro atoms. The molecule has 0 unspecified atom stereocenters. The van der Waals surface area contributed by atoms with Gasteiger partial charge in [-0.1, -0.05) is 86.6 Å². The molecule has 2 amide bonds. The van der Waals surface area contributed by atoms with Crippen molar-refractivity contribution in [3.05, 3.63) is 83.9 Å². The lowest BCUT2D eigenvalue weighted by atomic mass is 9.99. The minimum Gasteiger partial charge on any atom is -0.344 e. The minimum absolute atomic E-state index is 0.0277. The lowest BCUT2D eigenvalue weighted by Crippen LogP contribution is -2.53. The number of benzene rings is 3. The Labute approximate surface area is 212 Å². The molecule has 184 valence electrons. The number of thioether (sulfide) groups is 1. The van der Waals surface area contributed by atoms with Gasteiger partial charge in [0.2, 0.25) is 11.8 Å². The number of rotatable bonds is 12. The van der Waals surface area contributed by atoms with Crippen LogP contribution in [0.1, 0.15) is 31.4 Å². The van der Waals surface area contributed by atoms with Gasteiger partial charge in [0, 0.05) is 0 Å². The summed E-state index contributed by atoms with van der Waals surface area (Å²) in [4.78, 5) is 39.1. The van der Waals surface area contributed by atoms with E-state index in [-0.39, 0.29) is 29.9 Å². The van der Waals surface area contributed by atoms with Crippen LogP contribution < -0.4 is 10.6 Å². The zero-order valence-corrected chi connectivity index (χ0v) is 21.4. The molecule has 0 heterocycles. The van der Waals surface area contributed by atoms with E-state index in [0.717, 1.165) is 21.9 Å². The Morgan fingerprint density at radius 3 is 2.23 bits per heavy atom. The summed E-state index contributed by atoms with van der Waals surface area (Å²) in [6, 6.07) is 22.2. The van der Waals surface area contributed by atoms with E-state index >= 15 is 0 Å². The van der Waals surface area contributed by atoms with Gasteiger partial charge >= 0.3 is 0 Å². The van der Waals surface area contributed by atoms with E-state index < -0.39 is 12.1 Å². The molecule has 3 aromatic rings. The van der Waals surface area contributed by atoms with Crippen LogP contribution in [0.25, 0.3) is 10.8 Å². The highest BCUT2D eigenvalue weighted by molar-refractivity contribution is 7.99. The average molecular weight is 491 g/mol. The van der Waals surface area contributed by atoms with Crippen LogP contribution in [-0.2, 0) is 27.2 Å². The molecule has 0 saturated heterocycles. The summed E-state index contributed by atoms with van der Waals surface area (Å²) in [6.07, 6.45) is 2.96. The maximum Gasteiger partial charge on any atom is 0.243 e. The summed E-state index contributed by atoms with van der Waals surface area (Å²) in [5.74, 6) is -0.0456. The second-order valence-electron chi connectivity index (χ2n) is 9.21. The van der Waals surface area contributed by atoms with E-state index in [2.05, 4.69) is 10.6 Å². The predicted molar refractivity (Wildman–Crippen MR) is 145 cm³/mol. The van der Waals surface area contributed by atoms with Crippen molar-refractivity contribution in [2.45, 2.75) is 45.2 Å². The summed E-state index contributed by atoms with van der Waals surface area (Å²) in [7, 11) is 0. The Kier molecular flexibility index (Phi) is 9.91. The summed E-state index contributed by atoms with van der Waals surface area (Å²) < 4.78 is 0. The Hall–Kier alpha value is -3.12. The molecule has 35 heavy (non-hydrogen) atoms. The monoisotopic (exact) mass is 490 g/mol. The number of hydrogen-bond acceptors (Lipinski definition) is 4. The van der Waals surface area contributed by atoms with Crippen molar-refractivity contribution in [3.8, 4) is 0 Å². The van der Waals surface area contributed by atoms with E-state index in [4.69, 9.17) is 0 Å². The number of amides is 2. The first-order chi connectivity index (χ1) is 16.9. The third-order valence-corrected chi connectivity index (χ3v) is 6.44. The summed E-state index contributed by atoms with van der Waals surface area (Å²) in [5.41, 5.74) is 1.90. The fourth-order valence-electron chi connectivity index (χ4n) is 4.18. The van der Waals surface area contributed by atoms with Gasteiger partial charge < -0.3 is 10.6 Å². The zero-order valence-electron chi connectivity index (χ0n) is 20.6. The number of Topliss-reactive ketones (excluding diaryl/α,β-unsaturated/α-hetero) is 1. The van der Waals surface area contributed by atoms with Gasteiger partial charge in [-0.3, -0.25) is 14.4 Å². The van der Waals surface area contributed by atoms with Crippen molar-refractivity contribution in [3.63, 3.8) is 0 Å². The fraction of sp³-hybridized carbons (Fsp3) is 0.345. The summed E-state index contributed by atoms with van der Waals surface area (Å²) >= 11 is 1.44. The van der Waals surface area contributed by atoms with Gasteiger partial charge in [0.05, 0.1) is 18.2 Å². The first kappa shape index (κ1) is 26.5. The Balaban J connectivity index is 1.73. The molecular formula is C29H34N2O3S. The Morgan fingerprint density at radius 1 is 0.829 bits per heavy atom. The van der Waals surface area contributed by atoms with Gasteiger partial charge in [-0.05, 0) is 46.9 Å². The van der Waals surface area contributed by atoms with Crippen molar-refractivity contribution in [1.29, 1.82) is 0 Å². The summed E-state index contributed by atoms with van der Waals surface area (Å²) in [5, 5.41) is 7.97. The number of ketones is 1. The molecule has 3 rings (SSSR count). The van der Waals surface area contributed by atoms with E-state index in [0.29, 0.717) is 18.6 Å². The van der Waals surface area contributed by atoms with Gasteiger partial charge in [0.25, 0.3) is 0 Å². The number of hydrogen-bond donors (Lipinski definition) is 2. The SMILES string of the molecule is CSCC(=O)[C@H](Cc1ccccc1)NC(=O)[C@H](CC(C)C)NC(=O)Cc1cccc2ccccc12. The molecule has 2 N–H and O–H groups in total. The van der Waals surface area contributed by atoms with Crippen LogP contribution in [0.2, 0.25) is 0 Å². The van der Waals surface area contributed by atoms with Crippen LogP contribution in [0, 0.1) is 5.92 Å². The highest BCUT2D eigenvalue weighted by atomic mass is 32.2. The smallest absolute Gasteiger partial charge is 0.243 e. The average Bonchev–Trinajstić information content (AvgIpc) is 2.84. The molecule has 5 nitrogen and oxygen atoms in total. The molecule has 0 aliphatic rings. The molecule has 0 aliphatic heterocycles. The van der Waals surface area contributed by atoms with E-state index in [1.165, 1.54) is 11.8 Å². The lowest BCUT2D eigenvalue weighted by Gasteiger charge is -2.24. The van der Waals surface area contributed by atoms with Gasteiger partial charge in [-0.25, -0.2) is 0 Å². The molecule has 6 heteroatoms. The molecule has 0 saturated carbocycles. The number of carbonyl (C=O) groups excluding carboxylic acids is 3. The second kappa shape index (κ2) is 13.1. The van der Waals surface area contributed by atoms with Crippen molar-refractivity contribution >= 4 is 40.1 Å². The topological polar surface area (TPSA) is 75.3 Å². The number of carbonyl (C=O) groups is 3. The molecule has 0 aromatic heterocycles. The standard InChI is InChI=1S/C29H34N2O3S/c1-20(2)16-26(30-28(33)18-23-14-9-13-22-12-7-8-15-24(22)23)29(34)31-25(27(32)19-35-3)17-21-10-5-4-6-11-21/h4-15,20,25-26H,16-19H2,1-3H3,(H,30,33)(H,31,34)/t25-,26-/m0/s1.